The summed E-state index contributed by atoms with van der Waals surface area (Å²) in [6.45, 7) is 4.35. The molecule has 1 heterocycles. The van der Waals surface area contributed by atoms with Gasteiger partial charge in [0.1, 0.15) is 0 Å². The second kappa shape index (κ2) is 5.61. The molecule has 0 aromatic carbocycles. The molecule has 88 valence electrons. The minimum atomic E-state index is -0.455. The highest BCUT2D eigenvalue weighted by molar-refractivity contribution is 5.95. The van der Waals surface area contributed by atoms with E-state index >= 15 is 0 Å². The van der Waals surface area contributed by atoms with Gasteiger partial charge in [0.25, 0.3) is 0 Å². The maximum Gasteiger partial charge on any atom is 0.231 e. The van der Waals surface area contributed by atoms with Crippen LogP contribution in [0, 0.1) is 5.41 Å². The van der Waals surface area contributed by atoms with E-state index in [1.54, 1.807) is 24.5 Å². The lowest BCUT2D eigenvalue weighted by Crippen LogP contribution is -2.41. The Hall–Kier alpha value is -1.42. The van der Waals surface area contributed by atoms with Gasteiger partial charge in [0, 0.05) is 24.6 Å². The van der Waals surface area contributed by atoms with E-state index < -0.39 is 5.41 Å². The van der Waals surface area contributed by atoms with E-state index in [1.165, 1.54) is 0 Å². The van der Waals surface area contributed by atoms with Gasteiger partial charge >= 0.3 is 0 Å². The number of amides is 1. The summed E-state index contributed by atoms with van der Waals surface area (Å²) in [6.07, 6.45) is 4.79. The predicted octanol–water partition coefficient (Wildman–Crippen LogP) is 1.79. The molecule has 0 saturated heterocycles. The summed E-state index contributed by atoms with van der Waals surface area (Å²) in [5.41, 5.74) is 6.02. The van der Waals surface area contributed by atoms with E-state index in [0.717, 1.165) is 18.5 Å². The van der Waals surface area contributed by atoms with Crippen LogP contribution < -0.4 is 11.1 Å². The van der Waals surface area contributed by atoms with Crippen LogP contribution in [0.2, 0.25) is 0 Å². The van der Waals surface area contributed by atoms with Gasteiger partial charge in [-0.2, -0.15) is 0 Å². The van der Waals surface area contributed by atoms with Crippen molar-refractivity contribution in [3.63, 3.8) is 0 Å². The second-order valence-corrected chi connectivity index (χ2v) is 3.88. The van der Waals surface area contributed by atoms with Crippen LogP contribution in [-0.4, -0.2) is 17.4 Å². The first-order valence-electron chi connectivity index (χ1n) is 5.60. The Morgan fingerprint density at radius 1 is 1.38 bits per heavy atom. The van der Waals surface area contributed by atoms with Crippen molar-refractivity contribution in [1.29, 1.82) is 0 Å². The minimum Gasteiger partial charge on any atom is -0.329 e. The van der Waals surface area contributed by atoms with E-state index in [0.29, 0.717) is 6.54 Å². The average molecular weight is 221 g/mol. The SMILES string of the molecule is CCC(CC)(CN)C(=O)Nc1ccncc1. The smallest absolute Gasteiger partial charge is 0.231 e. The Kier molecular flexibility index (Phi) is 4.43. The van der Waals surface area contributed by atoms with Crippen molar-refractivity contribution >= 4 is 11.6 Å². The molecule has 1 rings (SSSR count). The summed E-state index contributed by atoms with van der Waals surface area (Å²) < 4.78 is 0. The maximum atomic E-state index is 12.1. The molecule has 3 N–H and O–H groups in total. The number of pyridine rings is 1. The fraction of sp³-hybridized carbons (Fsp3) is 0.500. The van der Waals surface area contributed by atoms with Crippen molar-refractivity contribution in [2.24, 2.45) is 11.1 Å². The van der Waals surface area contributed by atoms with E-state index in [9.17, 15) is 4.79 Å². The van der Waals surface area contributed by atoms with Gasteiger partial charge in [0.15, 0.2) is 0 Å². The molecule has 0 aliphatic heterocycles. The van der Waals surface area contributed by atoms with Gasteiger partial charge < -0.3 is 11.1 Å². The summed E-state index contributed by atoms with van der Waals surface area (Å²) in [5, 5.41) is 2.88. The Morgan fingerprint density at radius 3 is 2.38 bits per heavy atom. The molecule has 4 heteroatoms. The van der Waals surface area contributed by atoms with Crippen LogP contribution in [0.1, 0.15) is 26.7 Å². The van der Waals surface area contributed by atoms with Gasteiger partial charge in [0.05, 0.1) is 5.41 Å². The van der Waals surface area contributed by atoms with Crippen molar-refractivity contribution in [2.75, 3.05) is 11.9 Å². The summed E-state index contributed by atoms with van der Waals surface area (Å²) >= 11 is 0. The first-order chi connectivity index (χ1) is 7.68. The quantitative estimate of drug-likeness (QED) is 0.796. The summed E-state index contributed by atoms with van der Waals surface area (Å²) in [5.74, 6) is -0.00815. The zero-order valence-corrected chi connectivity index (χ0v) is 9.86. The topological polar surface area (TPSA) is 68.0 Å². The van der Waals surface area contributed by atoms with Gasteiger partial charge in [-0.25, -0.2) is 0 Å². The molecule has 1 amide bonds. The van der Waals surface area contributed by atoms with Crippen molar-refractivity contribution < 1.29 is 4.79 Å². The fourth-order valence-electron chi connectivity index (χ4n) is 1.65. The normalized spacial score (nSPS) is 11.2. The minimum absolute atomic E-state index is 0.00815. The standard InChI is InChI=1S/C12H19N3O/c1-3-12(4-2,9-13)11(16)15-10-5-7-14-8-6-10/h5-8H,3-4,9,13H2,1-2H3,(H,14,15,16). The van der Waals surface area contributed by atoms with E-state index in [2.05, 4.69) is 10.3 Å². The van der Waals surface area contributed by atoms with E-state index in [4.69, 9.17) is 5.73 Å². The molecule has 1 aromatic rings. The first kappa shape index (κ1) is 12.6. The molecule has 0 spiro atoms. The van der Waals surface area contributed by atoms with Crippen LogP contribution in [0.15, 0.2) is 24.5 Å². The Balaban J connectivity index is 2.78. The number of anilines is 1. The molecule has 1 aromatic heterocycles. The van der Waals surface area contributed by atoms with Gasteiger partial charge in [-0.1, -0.05) is 13.8 Å². The van der Waals surface area contributed by atoms with Crippen LogP contribution in [0.3, 0.4) is 0 Å². The fourth-order valence-corrected chi connectivity index (χ4v) is 1.65. The second-order valence-electron chi connectivity index (χ2n) is 3.88. The highest BCUT2D eigenvalue weighted by Crippen LogP contribution is 2.26. The number of hydrogen-bond acceptors (Lipinski definition) is 3. The maximum absolute atomic E-state index is 12.1. The van der Waals surface area contributed by atoms with Crippen molar-refractivity contribution in [3.05, 3.63) is 24.5 Å². The van der Waals surface area contributed by atoms with Crippen LogP contribution in [-0.2, 0) is 4.79 Å². The van der Waals surface area contributed by atoms with Crippen molar-refractivity contribution in [3.8, 4) is 0 Å². The monoisotopic (exact) mass is 221 g/mol. The van der Waals surface area contributed by atoms with E-state index in [-0.39, 0.29) is 5.91 Å². The zero-order chi connectivity index (χ0) is 12.0. The molecule has 0 unspecified atom stereocenters. The van der Waals surface area contributed by atoms with Gasteiger partial charge in [0.2, 0.25) is 5.91 Å². The number of carbonyl (C=O) groups excluding carboxylic acids is 1. The van der Waals surface area contributed by atoms with Gasteiger partial charge in [-0.15, -0.1) is 0 Å². The Bertz CT molecular complexity index is 325. The molecule has 0 bridgehead atoms. The molecule has 0 saturated carbocycles. The van der Waals surface area contributed by atoms with Crippen LogP contribution in [0.25, 0.3) is 0 Å². The number of nitrogens with two attached hydrogens (primary N) is 1. The highest BCUT2D eigenvalue weighted by atomic mass is 16.2. The summed E-state index contributed by atoms with van der Waals surface area (Å²) in [6, 6.07) is 3.54. The van der Waals surface area contributed by atoms with Gasteiger partial charge in [-0.05, 0) is 25.0 Å². The number of aromatic nitrogens is 1. The number of nitrogens with one attached hydrogen (secondary N) is 1. The molecule has 0 radical (unpaired) electrons. The third-order valence-electron chi connectivity index (χ3n) is 3.16. The molecule has 0 fully saturated rings. The van der Waals surface area contributed by atoms with Crippen LogP contribution in [0.5, 0.6) is 0 Å². The number of rotatable bonds is 5. The Morgan fingerprint density at radius 2 is 1.94 bits per heavy atom. The summed E-state index contributed by atoms with van der Waals surface area (Å²) in [7, 11) is 0. The number of carbonyl (C=O) groups is 1. The van der Waals surface area contributed by atoms with Crippen LogP contribution >= 0.6 is 0 Å². The zero-order valence-electron chi connectivity index (χ0n) is 9.86. The molecule has 0 aliphatic carbocycles. The first-order valence-corrected chi connectivity index (χ1v) is 5.60. The molecule has 4 nitrogen and oxygen atoms in total. The predicted molar refractivity (Wildman–Crippen MR) is 64.9 cm³/mol. The van der Waals surface area contributed by atoms with Crippen molar-refractivity contribution in [1.82, 2.24) is 4.98 Å². The third kappa shape index (κ3) is 2.58. The Labute approximate surface area is 96.3 Å². The molecular weight excluding hydrogens is 202 g/mol. The lowest BCUT2D eigenvalue weighted by atomic mass is 9.81. The molecule has 0 atom stereocenters. The van der Waals surface area contributed by atoms with Crippen LogP contribution in [0.4, 0.5) is 5.69 Å². The molecular formula is C12H19N3O. The number of hydrogen-bond donors (Lipinski definition) is 2. The summed E-state index contributed by atoms with van der Waals surface area (Å²) in [4.78, 5) is 16.0. The molecule has 0 aliphatic rings. The lowest BCUT2D eigenvalue weighted by Gasteiger charge is -2.28. The lowest BCUT2D eigenvalue weighted by molar-refractivity contribution is -0.125. The molecule has 16 heavy (non-hydrogen) atoms. The highest BCUT2D eigenvalue weighted by Gasteiger charge is 2.33. The largest absolute Gasteiger partial charge is 0.329 e. The van der Waals surface area contributed by atoms with E-state index in [1.807, 2.05) is 13.8 Å². The van der Waals surface area contributed by atoms with Crippen molar-refractivity contribution in [2.45, 2.75) is 26.7 Å². The van der Waals surface area contributed by atoms with Gasteiger partial charge in [-0.3, -0.25) is 9.78 Å². The third-order valence-corrected chi connectivity index (χ3v) is 3.16. The number of nitrogens with zero attached hydrogens (tertiary/aromatic N) is 1. The average Bonchev–Trinajstić information content (AvgIpc) is 2.33.